The fraction of sp³-hybridized carbons (Fsp3) is 0.400. The van der Waals surface area contributed by atoms with Crippen molar-refractivity contribution in [1.82, 2.24) is 9.78 Å². The first-order valence-electron chi connectivity index (χ1n) is 6.40. The average molecular weight is 259 g/mol. The maximum atomic E-state index is 5.40. The lowest BCUT2D eigenvalue weighted by atomic mass is 10.1. The smallest absolute Gasteiger partial charge is 0.142 e. The van der Waals surface area contributed by atoms with E-state index < -0.39 is 0 Å². The highest BCUT2D eigenvalue weighted by Crippen LogP contribution is 2.26. The molecule has 0 atom stereocenters. The first-order valence-corrected chi connectivity index (χ1v) is 6.40. The molecule has 0 fully saturated rings. The minimum atomic E-state index is 0.755. The van der Waals surface area contributed by atoms with E-state index in [2.05, 4.69) is 36.4 Å². The maximum Gasteiger partial charge on any atom is 0.142 e. The van der Waals surface area contributed by atoms with Gasteiger partial charge in [0.15, 0.2) is 0 Å². The largest absolute Gasteiger partial charge is 0.495 e. The molecule has 0 spiro atoms. The van der Waals surface area contributed by atoms with E-state index in [9.17, 15) is 0 Å². The zero-order valence-corrected chi connectivity index (χ0v) is 12.2. The van der Waals surface area contributed by atoms with Crippen molar-refractivity contribution in [2.24, 2.45) is 7.05 Å². The number of rotatable bonds is 4. The standard InChI is InChI=1S/C15H21N3O/c1-10-6-7-14(15(8-10)19-5)16-9-13-11(2)17-18(4)12(13)3/h6-8,16H,9H2,1-5H3. The minimum absolute atomic E-state index is 0.755. The molecular formula is C15H21N3O. The van der Waals surface area contributed by atoms with Gasteiger partial charge >= 0.3 is 0 Å². The molecule has 4 heteroatoms. The molecule has 0 saturated carbocycles. The van der Waals surface area contributed by atoms with Gasteiger partial charge in [0.25, 0.3) is 0 Å². The van der Waals surface area contributed by atoms with Crippen molar-refractivity contribution in [3.8, 4) is 5.75 Å². The van der Waals surface area contributed by atoms with Gasteiger partial charge in [-0.2, -0.15) is 5.10 Å². The van der Waals surface area contributed by atoms with Gasteiger partial charge in [0.2, 0.25) is 0 Å². The zero-order valence-electron chi connectivity index (χ0n) is 12.2. The Kier molecular flexibility index (Phi) is 3.79. The Labute approximate surface area is 114 Å². The highest BCUT2D eigenvalue weighted by Gasteiger charge is 2.10. The molecule has 0 unspecified atom stereocenters. The maximum absolute atomic E-state index is 5.40. The van der Waals surface area contributed by atoms with E-state index in [0.717, 1.165) is 23.7 Å². The van der Waals surface area contributed by atoms with Crippen molar-refractivity contribution in [1.29, 1.82) is 0 Å². The SMILES string of the molecule is COc1cc(C)ccc1NCc1c(C)nn(C)c1C. The summed E-state index contributed by atoms with van der Waals surface area (Å²) in [5, 5.41) is 7.85. The van der Waals surface area contributed by atoms with Crippen LogP contribution >= 0.6 is 0 Å². The Balaban J connectivity index is 2.19. The summed E-state index contributed by atoms with van der Waals surface area (Å²) >= 11 is 0. The Morgan fingerprint density at radius 1 is 1.26 bits per heavy atom. The molecule has 4 nitrogen and oxygen atoms in total. The highest BCUT2D eigenvalue weighted by molar-refractivity contribution is 5.58. The lowest BCUT2D eigenvalue weighted by Crippen LogP contribution is -2.04. The van der Waals surface area contributed by atoms with Crippen LogP contribution in [0.2, 0.25) is 0 Å². The molecule has 1 aromatic heterocycles. The number of aromatic nitrogens is 2. The molecule has 0 aliphatic carbocycles. The lowest BCUT2D eigenvalue weighted by Gasteiger charge is -2.12. The van der Waals surface area contributed by atoms with Gasteiger partial charge in [-0.1, -0.05) is 6.07 Å². The Hall–Kier alpha value is -1.97. The van der Waals surface area contributed by atoms with Crippen LogP contribution in [0.15, 0.2) is 18.2 Å². The molecule has 1 N–H and O–H groups in total. The third-order valence-electron chi connectivity index (χ3n) is 3.47. The summed E-state index contributed by atoms with van der Waals surface area (Å²) in [6.07, 6.45) is 0. The predicted molar refractivity (Wildman–Crippen MR) is 77.7 cm³/mol. The number of aryl methyl sites for hydroxylation is 3. The summed E-state index contributed by atoms with van der Waals surface area (Å²) in [4.78, 5) is 0. The number of nitrogens with zero attached hydrogens (tertiary/aromatic N) is 2. The molecular weight excluding hydrogens is 238 g/mol. The third-order valence-corrected chi connectivity index (χ3v) is 3.47. The second-order valence-corrected chi connectivity index (χ2v) is 4.83. The zero-order chi connectivity index (χ0) is 14.0. The molecule has 2 rings (SSSR count). The van der Waals surface area contributed by atoms with Crippen LogP contribution in [0.25, 0.3) is 0 Å². The van der Waals surface area contributed by atoms with Crippen LogP contribution in [-0.2, 0) is 13.6 Å². The van der Waals surface area contributed by atoms with E-state index in [1.54, 1.807) is 7.11 Å². The van der Waals surface area contributed by atoms with Crippen molar-refractivity contribution in [3.63, 3.8) is 0 Å². The Bertz CT molecular complexity index is 587. The molecule has 0 saturated heterocycles. The normalized spacial score (nSPS) is 10.6. The fourth-order valence-corrected chi connectivity index (χ4v) is 2.20. The van der Waals surface area contributed by atoms with Crippen LogP contribution in [-0.4, -0.2) is 16.9 Å². The molecule has 102 valence electrons. The van der Waals surface area contributed by atoms with E-state index >= 15 is 0 Å². The summed E-state index contributed by atoms with van der Waals surface area (Å²) in [5.74, 6) is 0.874. The van der Waals surface area contributed by atoms with Crippen molar-refractivity contribution >= 4 is 5.69 Å². The molecule has 19 heavy (non-hydrogen) atoms. The summed E-state index contributed by atoms with van der Waals surface area (Å²) < 4.78 is 7.31. The quantitative estimate of drug-likeness (QED) is 0.917. The number of hydrogen-bond acceptors (Lipinski definition) is 3. The number of ether oxygens (including phenoxy) is 1. The predicted octanol–water partition coefficient (Wildman–Crippen LogP) is 2.97. The van der Waals surface area contributed by atoms with E-state index in [4.69, 9.17) is 4.74 Å². The van der Waals surface area contributed by atoms with Gasteiger partial charge in [-0.25, -0.2) is 0 Å². The third kappa shape index (κ3) is 2.72. The lowest BCUT2D eigenvalue weighted by molar-refractivity contribution is 0.416. The molecule has 0 aliphatic rings. The average Bonchev–Trinajstić information content (AvgIpc) is 2.62. The van der Waals surface area contributed by atoms with E-state index in [-0.39, 0.29) is 0 Å². The van der Waals surface area contributed by atoms with Crippen LogP contribution in [0.4, 0.5) is 5.69 Å². The van der Waals surface area contributed by atoms with Gasteiger partial charge in [0.05, 0.1) is 18.5 Å². The van der Waals surface area contributed by atoms with Gasteiger partial charge in [-0.15, -0.1) is 0 Å². The summed E-state index contributed by atoms with van der Waals surface area (Å²) in [7, 11) is 3.67. The first-order chi connectivity index (χ1) is 9.02. The molecule has 2 aromatic rings. The van der Waals surface area contributed by atoms with Crippen molar-refractivity contribution < 1.29 is 4.74 Å². The van der Waals surface area contributed by atoms with Crippen LogP contribution < -0.4 is 10.1 Å². The molecule has 0 bridgehead atoms. The van der Waals surface area contributed by atoms with E-state index in [1.807, 2.05) is 24.7 Å². The Morgan fingerprint density at radius 2 is 2.00 bits per heavy atom. The number of anilines is 1. The number of nitrogens with one attached hydrogen (secondary N) is 1. The second-order valence-electron chi connectivity index (χ2n) is 4.83. The molecule has 0 amide bonds. The first kappa shape index (κ1) is 13.5. The molecule has 0 aliphatic heterocycles. The molecule has 1 heterocycles. The Morgan fingerprint density at radius 3 is 2.58 bits per heavy atom. The van der Waals surface area contributed by atoms with Crippen molar-refractivity contribution in [2.75, 3.05) is 12.4 Å². The minimum Gasteiger partial charge on any atom is -0.495 e. The van der Waals surface area contributed by atoms with Crippen LogP contribution in [0.3, 0.4) is 0 Å². The number of hydrogen-bond donors (Lipinski definition) is 1. The monoisotopic (exact) mass is 259 g/mol. The topological polar surface area (TPSA) is 39.1 Å². The van der Waals surface area contributed by atoms with Gasteiger partial charge in [0, 0.05) is 24.8 Å². The number of benzene rings is 1. The van der Waals surface area contributed by atoms with E-state index in [1.165, 1.54) is 16.8 Å². The van der Waals surface area contributed by atoms with Crippen LogP contribution in [0.1, 0.15) is 22.5 Å². The van der Waals surface area contributed by atoms with Gasteiger partial charge < -0.3 is 10.1 Å². The fourth-order valence-electron chi connectivity index (χ4n) is 2.20. The summed E-state index contributed by atoms with van der Waals surface area (Å²) in [5.41, 5.74) is 5.70. The molecule has 0 radical (unpaired) electrons. The number of methoxy groups -OCH3 is 1. The van der Waals surface area contributed by atoms with Crippen LogP contribution in [0, 0.1) is 20.8 Å². The van der Waals surface area contributed by atoms with Gasteiger partial charge in [-0.3, -0.25) is 4.68 Å². The second kappa shape index (κ2) is 5.34. The van der Waals surface area contributed by atoms with E-state index in [0.29, 0.717) is 0 Å². The van der Waals surface area contributed by atoms with Gasteiger partial charge in [-0.05, 0) is 38.5 Å². The van der Waals surface area contributed by atoms with Crippen molar-refractivity contribution in [3.05, 3.63) is 40.7 Å². The van der Waals surface area contributed by atoms with Gasteiger partial charge in [0.1, 0.15) is 5.75 Å². The van der Waals surface area contributed by atoms with Crippen molar-refractivity contribution in [2.45, 2.75) is 27.3 Å². The highest BCUT2D eigenvalue weighted by atomic mass is 16.5. The van der Waals surface area contributed by atoms with Crippen LogP contribution in [0.5, 0.6) is 5.75 Å². The summed E-state index contributed by atoms with van der Waals surface area (Å²) in [6, 6.07) is 6.16. The molecule has 1 aromatic carbocycles. The summed E-state index contributed by atoms with van der Waals surface area (Å²) in [6.45, 7) is 6.94.